The maximum atomic E-state index is 11.5. The minimum Gasteiger partial charge on any atom is -0.476 e. The fourth-order valence-corrected chi connectivity index (χ4v) is 2.83. The van der Waals surface area contributed by atoms with Crippen molar-refractivity contribution in [2.45, 2.75) is 6.92 Å². The summed E-state index contributed by atoms with van der Waals surface area (Å²) in [4.78, 5) is 15.7. The number of carboxylic acid groups (broad SMARTS) is 1. The topological polar surface area (TPSA) is 79.3 Å². The number of azo groups is 1. The Bertz CT molecular complexity index is 1140. The van der Waals surface area contributed by atoms with E-state index in [2.05, 4.69) is 15.2 Å². The highest BCUT2D eigenvalue weighted by Crippen LogP contribution is 2.29. The molecule has 2 aromatic heterocycles. The highest BCUT2D eigenvalue weighted by Gasteiger charge is 2.19. The monoisotopic (exact) mass is 330 g/mol. The number of hydrogen-bond donors (Lipinski definition) is 1. The number of carboxylic acids is 1. The molecule has 0 fully saturated rings. The average Bonchev–Trinajstić information content (AvgIpc) is 3.00. The Kier molecular flexibility index (Phi) is 3.50. The van der Waals surface area contributed by atoms with E-state index in [0.717, 1.165) is 16.3 Å². The lowest BCUT2D eigenvalue weighted by Crippen LogP contribution is -1.96. The number of aromatic carboxylic acids is 1. The molecule has 0 unspecified atom stereocenters. The number of pyridine rings is 1. The second kappa shape index (κ2) is 5.83. The first-order valence-electron chi connectivity index (χ1n) is 7.75. The van der Waals surface area contributed by atoms with E-state index in [4.69, 9.17) is 0 Å². The van der Waals surface area contributed by atoms with Gasteiger partial charge in [0, 0.05) is 11.6 Å². The van der Waals surface area contributed by atoms with Crippen molar-refractivity contribution in [3.63, 3.8) is 0 Å². The first-order chi connectivity index (χ1) is 12.1. The van der Waals surface area contributed by atoms with Crippen LogP contribution in [-0.4, -0.2) is 20.5 Å². The lowest BCUT2D eigenvalue weighted by atomic mass is 10.1. The van der Waals surface area contributed by atoms with E-state index in [9.17, 15) is 9.90 Å². The molecule has 0 spiro atoms. The van der Waals surface area contributed by atoms with Gasteiger partial charge >= 0.3 is 5.97 Å². The van der Waals surface area contributed by atoms with E-state index in [1.165, 1.54) is 0 Å². The fraction of sp³-hybridized carbons (Fsp3) is 0.0526. The maximum Gasteiger partial charge on any atom is 0.358 e. The molecule has 6 nitrogen and oxygen atoms in total. The molecule has 4 aromatic rings. The van der Waals surface area contributed by atoms with E-state index < -0.39 is 5.97 Å². The van der Waals surface area contributed by atoms with Gasteiger partial charge in [-0.3, -0.25) is 4.40 Å². The zero-order chi connectivity index (χ0) is 17.4. The Labute approximate surface area is 143 Å². The summed E-state index contributed by atoms with van der Waals surface area (Å²) in [7, 11) is 0. The summed E-state index contributed by atoms with van der Waals surface area (Å²) in [6.45, 7) is 1.87. The predicted octanol–water partition coefficient (Wildman–Crippen LogP) is 4.91. The van der Waals surface area contributed by atoms with Crippen molar-refractivity contribution < 1.29 is 9.90 Å². The van der Waals surface area contributed by atoms with Crippen molar-refractivity contribution >= 4 is 33.9 Å². The number of aryl methyl sites for hydroxylation is 1. The molecule has 0 aliphatic carbocycles. The maximum absolute atomic E-state index is 11.5. The summed E-state index contributed by atoms with van der Waals surface area (Å²) in [5.74, 6) is -0.922. The zero-order valence-corrected chi connectivity index (χ0v) is 13.4. The molecule has 0 aliphatic heterocycles. The van der Waals surface area contributed by atoms with Gasteiger partial charge in [-0.2, -0.15) is 0 Å². The molecule has 25 heavy (non-hydrogen) atoms. The van der Waals surface area contributed by atoms with Crippen LogP contribution in [0, 0.1) is 6.92 Å². The summed E-state index contributed by atoms with van der Waals surface area (Å²) >= 11 is 0. The van der Waals surface area contributed by atoms with Crippen molar-refractivity contribution in [2.75, 3.05) is 0 Å². The van der Waals surface area contributed by atoms with E-state index >= 15 is 0 Å². The Balaban J connectivity index is 1.90. The number of rotatable bonds is 3. The van der Waals surface area contributed by atoms with E-state index in [1.54, 1.807) is 10.6 Å². The third-order valence-electron chi connectivity index (χ3n) is 4.04. The molecule has 0 amide bonds. The molecule has 0 saturated heterocycles. The molecule has 1 N–H and O–H groups in total. The van der Waals surface area contributed by atoms with Crippen LogP contribution in [0.4, 0.5) is 11.5 Å². The Hall–Kier alpha value is -3.54. The number of benzene rings is 2. The highest BCUT2D eigenvalue weighted by molar-refractivity contribution is 5.93. The lowest BCUT2D eigenvalue weighted by molar-refractivity contribution is 0.0692. The number of carbonyl (C=O) groups is 1. The molecule has 0 aliphatic rings. The third kappa shape index (κ3) is 2.53. The van der Waals surface area contributed by atoms with Gasteiger partial charge in [-0.15, -0.1) is 10.2 Å². The molecule has 2 aromatic carbocycles. The first kappa shape index (κ1) is 15.0. The Morgan fingerprint density at radius 2 is 1.84 bits per heavy atom. The van der Waals surface area contributed by atoms with E-state index in [1.807, 2.05) is 61.5 Å². The third-order valence-corrected chi connectivity index (χ3v) is 4.04. The standard InChI is InChI=1S/C19H14N4O2/c1-12-6-5-11-23-17(12)20-16(19(24)25)18(23)22-21-15-10-4-8-13-7-2-3-9-14(13)15/h2-11H,1H3,(H,24,25). The van der Waals surface area contributed by atoms with Gasteiger partial charge in [0.2, 0.25) is 0 Å². The van der Waals surface area contributed by atoms with Crippen molar-refractivity contribution in [1.29, 1.82) is 0 Å². The summed E-state index contributed by atoms with van der Waals surface area (Å²) < 4.78 is 1.65. The Morgan fingerprint density at radius 3 is 2.68 bits per heavy atom. The highest BCUT2D eigenvalue weighted by atomic mass is 16.4. The van der Waals surface area contributed by atoms with Gasteiger partial charge in [-0.05, 0) is 30.0 Å². The first-order valence-corrected chi connectivity index (χ1v) is 7.75. The predicted molar refractivity (Wildman–Crippen MR) is 95.0 cm³/mol. The Morgan fingerprint density at radius 1 is 1.04 bits per heavy atom. The summed E-state index contributed by atoms with van der Waals surface area (Å²) in [5.41, 5.74) is 2.00. The molecule has 6 heteroatoms. The minimum absolute atomic E-state index is 0.113. The van der Waals surface area contributed by atoms with Crippen molar-refractivity contribution in [1.82, 2.24) is 9.38 Å². The van der Waals surface area contributed by atoms with Gasteiger partial charge in [-0.25, -0.2) is 9.78 Å². The molecule has 122 valence electrons. The molecule has 2 heterocycles. The van der Waals surface area contributed by atoms with Gasteiger partial charge in [-0.1, -0.05) is 42.5 Å². The fourth-order valence-electron chi connectivity index (χ4n) is 2.83. The van der Waals surface area contributed by atoms with Crippen LogP contribution in [0.3, 0.4) is 0 Å². The van der Waals surface area contributed by atoms with Crippen molar-refractivity contribution in [2.24, 2.45) is 10.2 Å². The zero-order valence-electron chi connectivity index (χ0n) is 13.4. The van der Waals surface area contributed by atoms with Gasteiger partial charge in [0.05, 0.1) is 5.69 Å². The number of hydrogen-bond acceptors (Lipinski definition) is 4. The second-order valence-corrected chi connectivity index (χ2v) is 5.67. The smallest absolute Gasteiger partial charge is 0.358 e. The van der Waals surface area contributed by atoms with Crippen LogP contribution in [0.15, 0.2) is 71.0 Å². The quantitative estimate of drug-likeness (QED) is 0.542. The van der Waals surface area contributed by atoms with E-state index in [0.29, 0.717) is 11.3 Å². The summed E-state index contributed by atoms with van der Waals surface area (Å²) in [6.07, 6.45) is 1.74. The van der Waals surface area contributed by atoms with Gasteiger partial charge in [0.15, 0.2) is 11.5 Å². The van der Waals surface area contributed by atoms with Crippen LogP contribution < -0.4 is 0 Å². The molecule has 0 radical (unpaired) electrons. The minimum atomic E-state index is -1.13. The molecular weight excluding hydrogens is 316 g/mol. The van der Waals surface area contributed by atoms with Gasteiger partial charge in [0.25, 0.3) is 0 Å². The summed E-state index contributed by atoms with van der Waals surface area (Å²) in [5, 5.41) is 20.0. The van der Waals surface area contributed by atoms with Crippen LogP contribution in [0.2, 0.25) is 0 Å². The largest absolute Gasteiger partial charge is 0.476 e. The van der Waals surface area contributed by atoms with Crippen LogP contribution in [-0.2, 0) is 0 Å². The number of imidazole rings is 1. The molecular formula is C19H14N4O2. The van der Waals surface area contributed by atoms with Crippen LogP contribution in [0.1, 0.15) is 16.1 Å². The number of aromatic nitrogens is 2. The van der Waals surface area contributed by atoms with Crippen LogP contribution in [0.5, 0.6) is 0 Å². The molecule has 0 bridgehead atoms. The lowest BCUT2D eigenvalue weighted by Gasteiger charge is -2.01. The normalized spacial score (nSPS) is 11.6. The molecule has 0 saturated carbocycles. The van der Waals surface area contributed by atoms with Crippen LogP contribution in [0.25, 0.3) is 16.4 Å². The SMILES string of the molecule is Cc1cccn2c(N=Nc3cccc4ccccc34)c(C(=O)O)nc12. The second-order valence-electron chi connectivity index (χ2n) is 5.67. The average molecular weight is 330 g/mol. The molecule has 4 rings (SSSR count). The number of fused-ring (bicyclic) bond motifs is 2. The van der Waals surface area contributed by atoms with Crippen LogP contribution >= 0.6 is 0 Å². The summed E-state index contributed by atoms with van der Waals surface area (Å²) in [6, 6.07) is 17.3. The van der Waals surface area contributed by atoms with Gasteiger partial charge in [0.1, 0.15) is 5.65 Å². The van der Waals surface area contributed by atoms with Gasteiger partial charge < -0.3 is 5.11 Å². The number of nitrogens with zero attached hydrogens (tertiary/aromatic N) is 4. The molecule has 0 atom stereocenters. The van der Waals surface area contributed by atoms with E-state index in [-0.39, 0.29) is 11.5 Å². The van der Waals surface area contributed by atoms with Crippen molar-refractivity contribution in [3.8, 4) is 0 Å². The van der Waals surface area contributed by atoms with Crippen molar-refractivity contribution in [3.05, 3.63) is 72.1 Å².